The van der Waals surface area contributed by atoms with E-state index in [9.17, 15) is 4.79 Å². The van der Waals surface area contributed by atoms with Crippen LogP contribution in [0.15, 0.2) is 60.7 Å². The van der Waals surface area contributed by atoms with Crippen LogP contribution in [0.5, 0.6) is 5.75 Å². The molecule has 3 aromatic carbocycles. The van der Waals surface area contributed by atoms with Gasteiger partial charge in [0.2, 0.25) is 5.91 Å². The van der Waals surface area contributed by atoms with Gasteiger partial charge in [-0.05, 0) is 35.4 Å². The van der Waals surface area contributed by atoms with Crippen LogP contribution in [0.25, 0.3) is 10.8 Å². The Balaban J connectivity index is 1.98. The number of para-hydroxylation sites is 1. The monoisotopic (exact) mass is 355 g/mol. The summed E-state index contributed by atoms with van der Waals surface area (Å²) in [6.07, 6.45) is 5.92. The van der Waals surface area contributed by atoms with Gasteiger partial charge >= 0.3 is 0 Å². The van der Waals surface area contributed by atoms with Crippen LogP contribution in [-0.4, -0.2) is 19.1 Å². The summed E-state index contributed by atoms with van der Waals surface area (Å²) in [5.41, 5.74) is 3.10. The highest BCUT2D eigenvalue weighted by Gasteiger charge is 2.34. The summed E-state index contributed by atoms with van der Waals surface area (Å²) < 4.78 is 5.87. The van der Waals surface area contributed by atoms with Crippen LogP contribution in [0.4, 0.5) is 5.69 Å². The first-order valence-corrected chi connectivity index (χ1v) is 9.21. The summed E-state index contributed by atoms with van der Waals surface area (Å²) in [5, 5.41) is 2.31. The zero-order valence-electron chi connectivity index (χ0n) is 15.3. The molecule has 1 unspecified atom stereocenters. The van der Waals surface area contributed by atoms with Crippen molar-refractivity contribution in [2.24, 2.45) is 0 Å². The standard InChI is InChI=1S/C24H21NO2/c1-3-15-25-21-14-13-17-9-5-6-10-18(17)24(21)20(16-23(25)26)19-11-7-8-12-22(19)27-4-2/h1,5-14,20H,4,15-16H2,2H3. The van der Waals surface area contributed by atoms with Crippen LogP contribution in [0.3, 0.4) is 0 Å². The Morgan fingerprint density at radius 1 is 1.11 bits per heavy atom. The van der Waals surface area contributed by atoms with Crippen molar-refractivity contribution in [1.29, 1.82) is 0 Å². The lowest BCUT2D eigenvalue weighted by Gasteiger charge is -2.35. The molecule has 3 nitrogen and oxygen atoms in total. The van der Waals surface area contributed by atoms with Crippen molar-refractivity contribution in [3.8, 4) is 18.1 Å². The van der Waals surface area contributed by atoms with Crippen molar-refractivity contribution in [3.05, 3.63) is 71.8 Å². The summed E-state index contributed by atoms with van der Waals surface area (Å²) in [4.78, 5) is 14.6. The van der Waals surface area contributed by atoms with E-state index in [1.54, 1.807) is 4.90 Å². The quantitative estimate of drug-likeness (QED) is 0.633. The summed E-state index contributed by atoms with van der Waals surface area (Å²) in [6, 6.07) is 20.4. The average molecular weight is 355 g/mol. The molecule has 0 saturated carbocycles. The highest BCUT2D eigenvalue weighted by Crippen LogP contribution is 2.46. The molecule has 0 aromatic heterocycles. The number of carbonyl (C=O) groups is 1. The van der Waals surface area contributed by atoms with Crippen molar-refractivity contribution in [2.45, 2.75) is 19.3 Å². The molecule has 3 heteroatoms. The predicted octanol–water partition coefficient (Wildman–Crippen LogP) is 4.74. The summed E-state index contributed by atoms with van der Waals surface area (Å²) in [5.74, 6) is 3.45. The number of ether oxygens (including phenoxy) is 1. The molecule has 1 atom stereocenters. The van der Waals surface area contributed by atoms with Crippen molar-refractivity contribution >= 4 is 22.4 Å². The van der Waals surface area contributed by atoms with E-state index in [2.05, 4.69) is 30.2 Å². The molecule has 1 amide bonds. The van der Waals surface area contributed by atoms with Crippen molar-refractivity contribution < 1.29 is 9.53 Å². The first kappa shape index (κ1) is 17.2. The zero-order chi connectivity index (χ0) is 18.8. The van der Waals surface area contributed by atoms with E-state index in [4.69, 9.17) is 11.2 Å². The number of terminal acetylenes is 1. The van der Waals surface area contributed by atoms with Crippen LogP contribution in [0.1, 0.15) is 30.4 Å². The van der Waals surface area contributed by atoms with Gasteiger partial charge in [0.15, 0.2) is 0 Å². The fourth-order valence-electron chi connectivity index (χ4n) is 3.99. The Morgan fingerprint density at radius 3 is 2.70 bits per heavy atom. The molecule has 0 bridgehead atoms. The van der Waals surface area contributed by atoms with Gasteiger partial charge < -0.3 is 9.64 Å². The van der Waals surface area contributed by atoms with E-state index in [1.807, 2.05) is 43.3 Å². The summed E-state index contributed by atoms with van der Waals surface area (Å²) in [7, 11) is 0. The Bertz CT molecular complexity index is 1050. The molecular formula is C24H21NO2. The second-order valence-corrected chi connectivity index (χ2v) is 6.63. The summed E-state index contributed by atoms with van der Waals surface area (Å²) >= 11 is 0. The van der Waals surface area contributed by atoms with Gasteiger partial charge in [-0.2, -0.15) is 0 Å². The molecular weight excluding hydrogens is 334 g/mol. The van der Waals surface area contributed by atoms with E-state index < -0.39 is 0 Å². The fourth-order valence-corrected chi connectivity index (χ4v) is 3.99. The van der Waals surface area contributed by atoms with Crippen LogP contribution in [0.2, 0.25) is 0 Å². The van der Waals surface area contributed by atoms with Crippen LogP contribution in [0, 0.1) is 12.3 Å². The highest BCUT2D eigenvalue weighted by molar-refractivity contribution is 6.03. The van der Waals surface area contributed by atoms with Gasteiger partial charge in [0, 0.05) is 23.6 Å². The minimum atomic E-state index is -0.0598. The second kappa shape index (κ2) is 7.17. The van der Waals surface area contributed by atoms with Gasteiger partial charge in [-0.3, -0.25) is 4.79 Å². The van der Waals surface area contributed by atoms with Crippen LogP contribution >= 0.6 is 0 Å². The number of carbonyl (C=O) groups excluding carboxylic acids is 1. The number of benzene rings is 3. The Hall–Kier alpha value is -3.25. The fraction of sp³-hybridized carbons (Fsp3) is 0.208. The molecule has 1 heterocycles. The van der Waals surface area contributed by atoms with Crippen LogP contribution in [-0.2, 0) is 4.79 Å². The lowest BCUT2D eigenvalue weighted by atomic mass is 9.81. The Morgan fingerprint density at radius 2 is 1.89 bits per heavy atom. The highest BCUT2D eigenvalue weighted by atomic mass is 16.5. The molecule has 0 N–H and O–H groups in total. The topological polar surface area (TPSA) is 29.5 Å². The van der Waals surface area contributed by atoms with Crippen LogP contribution < -0.4 is 9.64 Å². The van der Waals surface area contributed by atoms with Gasteiger partial charge in [0.25, 0.3) is 0 Å². The Kier molecular flexibility index (Phi) is 4.56. The number of hydrogen-bond donors (Lipinski definition) is 0. The lowest BCUT2D eigenvalue weighted by Crippen LogP contribution is -2.37. The molecule has 0 spiro atoms. The van der Waals surface area contributed by atoms with Gasteiger partial charge in [0.05, 0.1) is 13.2 Å². The average Bonchev–Trinajstić information content (AvgIpc) is 2.70. The van der Waals surface area contributed by atoms with Gasteiger partial charge in [-0.15, -0.1) is 6.42 Å². The summed E-state index contributed by atoms with van der Waals surface area (Å²) in [6.45, 7) is 2.84. The lowest BCUT2D eigenvalue weighted by molar-refractivity contribution is -0.119. The molecule has 3 aromatic rings. The minimum absolute atomic E-state index is 0.0482. The maximum Gasteiger partial charge on any atom is 0.228 e. The van der Waals surface area contributed by atoms with Crippen molar-refractivity contribution in [2.75, 3.05) is 18.1 Å². The maximum absolute atomic E-state index is 12.9. The predicted molar refractivity (Wildman–Crippen MR) is 109 cm³/mol. The maximum atomic E-state index is 12.9. The first-order valence-electron chi connectivity index (χ1n) is 9.21. The molecule has 4 rings (SSSR count). The normalized spacial score (nSPS) is 16.1. The molecule has 1 aliphatic rings. The molecule has 0 saturated heterocycles. The largest absolute Gasteiger partial charge is 0.494 e. The SMILES string of the molecule is C#CCN1C(=O)CC(c2ccccc2OCC)c2c1ccc1ccccc21. The Labute approximate surface area is 159 Å². The van der Waals surface area contributed by atoms with Crippen molar-refractivity contribution in [3.63, 3.8) is 0 Å². The number of rotatable bonds is 4. The molecule has 1 aliphatic heterocycles. The molecule has 0 aliphatic carbocycles. The zero-order valence-corrected chi connectivity index (χ0v) is 15.3. The van der Waals surface area contributed by atoms with Gasteiger partial charge in [-0.25, -0.2) is 0 Å². The van der Waals surface area contributed by atoms with Crippen molar-refractivity contribution in [1.82, 2.24) is 0 Å². The van der Waals surface area contributed by atoms with Gasteiger partial charge in [-0.1, -0.05) is 54.5 Å². The van der Waals surface area contributed by atoms with E-state index in [0.717, 1.165) is 33.3 Å². The van der Waals surface area contributed by atoms with E-state index >= 15 is 0 Å². The third-order valence-corrected chi connectivity index (χ3v) is 5.11. The molecule has 134 valence electrons. The van der Waals surface area contributed by atoms with Gasteiger partial charge in [0.1, 0.15) is 5.75 Å². The third-order valence-electron chi connectivity index (χ3n) is 5.11. The number of nitrogens with zero attached hydrogens (tertiary/aromatic N) is 1. The minimum Gasteiger partial charge on any atom is -0.494 e. The molecule has 0 radical (unpaired) electrons. The number of anilines is 1. The van der Waals surface area contributed by atoms with E-state index in [1.165, 1.54) is 0 Å². The first-order chi connectivity index (χ1) is 13.2. The number of hydrogen-bond acceptors (Lipinski definition) is 2. The molecule has 27 heavy (non-hydrogen) atoms. The van der Waals surface area contributed by atoms with E-state index in [-0.39, 0.29) is 18.4 Å². The second-order valence-electron chi connectivity index (χ2n) is 6.63. The smallest absolute Gasteiger partial charge is 0.228 e. The number of fused-ring (bicyclic) bond motifs is 3. The number of amides is 1. The molecule has 0 fully saturated rings. The van der Waals surface area contributed by atoms with E-state index in [0.29, 0.717) is 13.0 Å². The third kappa shape index (κ3) is 2.94.